The van der Waals surface area contributed by atoms with Gasteiger partial charge < -0.3 is 4.90 Å². The normalized spacial score (nSPS) is 26.1. The van der Waals surface area contributed by atoms with Crippen LogP contribution in [0.25, 0.3) is 0 Å². The first-order valence-corrected chi connectivity index (χ1v) is 11.7. The predicted octanol–water partition coefficient (Wildman–Crippen LogP) is 4.27. The van der Waals surface area contributed by atoms with Gasteiger partial charge in [0.25, 0.3) is 5.91 Å². The Kier molecular flexibility index (Phi) is 4.28. The Morgan fingerprint density at radius 1 is 0.938 bits per heavy atom. The third-order valence-corrected chi connectivity index (χ3v) is 7.66. The Balaban J connectivity index is 1.60. The van der Waals surface area contributed by atoms with E-state index in [1.165, 1.54) is 0 Å². The average molecular weight is 427 g/mol. The summed E-state index contributed by atoms with van der Waals surface area (Å²) in [6.45, 7) is 3.48. The van der Waals surface area contributed by atoms with E-state index in [2.05, 4.69) is 11.8 Å². The Bertz CT molecular complexity index is 1210. The minimum absolute atomic E-state index is 0.0627. The van der Waals surface area contributed by atoms with Crippen molar-refractivity contribution >= 4 is 23.2 Å². The number of para-hydroxylation sites is 1. The van der Waals surface area contributed by atoms with Gasteiger partial charge in [-0.05, 0) is 25.3 Å². The zero-order chi connectivity index (χ0) is 22.0. The molecule has 2 aromatic rings. The highest BCUT2D eigenvalue weighted by Crippen LogP contribution is 2.58. The number of carbonyl (C=O) groups excluding carboxylic acids is 3. The molecule has 5 nitrogen and oxygen atoms in total. The molecule has 0 radical (unpaired) electrons. The number of amides is 1. The number of nitrogens with zero attached hydrogens (tertiary/aromatic N) is 2. The van der Waals surface area contributed by atoms with Crippen molar-refractivity contribution in [2.24, 2.45) is 0 Å². The van der Waals surface area contributed by atoms with Crippen LogP contribution in [0.1, 0.15) is 65.3 Å². The summed E-state index contributed by atoms with van der Waals surface area (Å²) in [6, 6.07) is 14.7. The number of rotatable bonds is 4. The Labute approximate surface area is 187 Å². The molecule has 2 aromatic carbocycles. The van der Waals surface area contributed by atoms with Crippen LogP contribution in [0, 0.1) is 0 Å². The molecule has 0 bridgehead atoms. The quantitative estimate of drug-likeness (QED) is 0.685. The zero-order valence-corrected chi connectivity index (χ0v) is 18.3. The lowest BCUT2D eigenvalue weighted by atomic mass is 9.74. The molecule has 3 heterocycles. The molecular weight excluding hydrogens is 400 g/mol. The summed E-state index contributed by atoms with van der Waals surface area (Å²) in [7, 11) is 0. The van der Waals surface area contributed by atoms with Gasteiger partial charge in [0.15, 0.2) is 17.1 Å². The summed E-state index contributed by atoms with van der Waals surface area (Å²) in [5.74, 6) is -0.311. The van der Waals surface area contributed by atoms with Gasteiger partial charge in [0.2, 0.25) is 0 Å². The van der Waals surface area contributed by atoms with Gasteiger partial charge in [-0.2, -0.15) is 0 Å². The molecule has 1 saturated heterocycles. The molecule has 1 aliphatic carbocycles. The first kappa shape index (κ1) is 19.6. The molecule has 0 aromatic heterocycles. The second-order valence-electron chi connectivity index (χ2n) is 9.24. The smallest absolute Gasteiger partial charge is 0.257 e. The number of anilines is 1. The van der Waals surface area contributed by atoms with E-state index in [1.54, 1.807) is 24.3 Å². The van der Waals surface area contributed by atoms with Crippen LogP contribution in [0.15, 0.2) is 59.7 Å². The van der Waals surface area contributed by atoms with Crippen LogP contribution in [0.2, 0.25) is 0 Å². The standard InChI is InChI=1S/C27H26N2O3/c1-2-3-8-15-28-20-13-7-6-12-19(20)27(26(28)32)23-22(21-14-9-16-29(21)27)24(30)17-10-4-5-11-18(17)25(23)31/h4-7,10-13,21H,2-3,8-9,14-16H2,1H3/t21-,27+/m1/s1. The SMILES string of the molecule is CCCCCN1C(=O)[C@@]2(C3=C(C(=O)c4ccccc4C3=O)[C@H]3CCCN32)c2ccccc21. The van der Waals surface area contributed by atoms with E-state index in [4.69, 9.17) is 0 Å². The van der Waals surface area contributed by atoms with Crippen molar-refractivity contribution in [2.75, 3.05) is 18.0 Å². The van der Waals surface area contributed by atoms with Crippen LogP contribution in [-0.4, -0.2) is 41.5 Å². The van der Waals surface area contributed by atoms with Crippen LogP contribution >= 0.6 is 0 Å². The topological polar surface area (TPSA) is 57.7 Å². The maximum atomic E-state index is 14.3. The number of benzene rings is 2. The van der Waals surface area contributed by atoms with Gasteiger partial charge in [-0.15, -0.1) is 0 Å². The maximum absolute atomic E-state index is 14.3. The lowest BCUT2D eigenvalue weighted by Crippen LogP contribution is -2.53. The van der Waals surface area contributed by atoms with E-state index in [0.717, 1.165) is 43.4 Å². The second-order valence-corrected chi connectivity index (χ2v) is 9.24. The number of Topliss-reactive ketones (excluding diaryl/α,β-unsaturated/α-hetero) is 2. The summed E-state index contributed by atoms with van der Waals surface area (Å²) in [4.78, 5) is 46.0. The molecule has 3 aliphatic heterocycles. The van der Waals surface area contributed by atoms with Crippen molar-refractivity contribution < 1.29 is 14.4 Å². The summed E-state index contributed by atoms with van der Waals surface area (Å²) in [5.41, 5.74) is 2.43. The van der Waals surface area contributed by atoms with E-state index >= 15 is 0 Å². The van der Waals surface area contributed by atoms with E-state index in [9.17, 15) is 14.4 Å². The first-order valence-electron chi connectivity index (χ1n) is 11.7. The molecule has 5 heteroatoms. The molecule has 162 valence electrons. The Hall–Kier alpha value is -3.05. The molecular formula is C27H26N2O3. The molecule has 0 saturated carbocycles. The molecule has 1 spiro atoms. The fourth-order valence-electron chi connectivity index (χ4n) is 6.38. The fraction of sp³-hybridized carbons (Fsp3) is 0.370. The minimum Gasteiger partial charge on any atom is -0.310 e. The highest BCUT2D eigenvalue weighted by Gasteiger charge is 2.67. The van der Waals surface area contributed by atoms with Gasteiger partial charge in [0.1, 0.15) is 0 Å². The van der Waals surface area contributed by atoms with E-state index in [1.807, 2.05) is 29.2 Å². The van der Waals surface area contributed by atoms with Gasteiger partial charge in [-0.1, -0.05) is 62.2 Å². The van der Waals surface area contributed by atoms with Crippen LogP contribution in [0.3, 0.4) is 0 Å². The average Bonchev–Trinajstić information content (AvgIpc) is 3.46. The predicted molar refractivity (Wildman–Crippen MR) is 122 cm³/mol. The van der Waals surface area contributed by atoms with E-state index in [0.29, 0.717) is 35.4 Å². The van der Waals surface area contributed by atoms with Gasteiger partial charge in [-0.25, -0.2) is 0 Å². The molecule has 0 N–H and O–H groups in total. The molecule has 1 fully saturated rings. The molecule has 6 rings (SSSR count). The lowest BCUT2D eigenvalue weighted by molar-refractivity contribution is -0.127. The van der Waals surface area contributed by atoms with Gasteiger partial charge in [-0.3, -0.25) is 19.3 Å². The number of hydrogen-bond donors (Lipinski definition) is 0. The van der Waals surface area contributed by atoms with Crippen LogP contribution < -0.4 is 4.90 Å². The number of ketones is 2. The zero-order valence-electron chi connectivity index (χ0n) is 18.3. The molecule has 32 heavy (non-hydrogen) atoms. The summed E-state index contributed by atoms with van der Waals surface area (Å²) < 4.78 is 0. The second kappa shape index (κ2) is 6.97. The monoisotopic (exact) mass is 426 g/mol. The van der Waals surface area contributed by atoms with Crippen LogP contribution in [0.5, 0.6) is 0 Å². The summed E-state index contributed by atoms with van der Waals surface area (Å²) >= 11 is 0. The highest BCUT2D eigenvalue weighted by molar-refractivity contribution is 6.32. The number of fused-ring (bicyclic) bond motifs is 7. The number of carbonyl (C=O) groups is 3. The third kappa shape index (κ3) is 2.24. The Morgan fingerprint density at radius 3 is 2.44 bits per heavy atom. The number of hydrogen-bond acceptors (Lipinski definition) is 4. The van der Waals surface area contributed by atoms with Crippen molar-refractivity contribution in [3.63, 3.8) is 0 Å². The molecule has 0 unspecified atom stereocenters. The summed E-state index contributed by atoms with van der Waals surface area (Å²) in [5, 5.41) is 0. The van der Waals surface area contributed by atoms with Crippen molar-refractivity contribution in [3.8, 4) is 0 Å². The lowest BCUT2D eigenvalue weighted by Gasteiger charge is -2.36. The van der Waals surface area contributed by atoms with Crippen molar-refractivity contribution in [1.82, 2.24) is 4.90 Å². The van der Waals surface area contributed by atoms with Crippen molar-refractivity contribution in [2.45, 2.75) is 50.6 Å². The fourth-order valence-corrected chi connectivity index (χ4v) is 6.38. The Morgan fingerprint density at radius 2 is 1.66 bits per heavy atom. The van der Waals surface area contributed by atoms with E-state index in [-0.39, 0.29) is 23.5 Å². The van der Waals surface area contributed by atoms with Crippen molar-refractivity contribution in [1.29, 1.82) is 0 Å². The van der Waals surface area contributed by atoms with Gasteiger partial charge in [0.05, 0.1) is 0 Å². The molecule has 4 aliphatic rings. The van der Waals surface area contributed by atoms with Crippen LogP contribution in [-0.2, 0) is 10.3 Å². The first-order chi connectivity index (χ1) is 15.6. The molecule has 1 amide bonds. The largest absolute Gasteiger partial charge is 0.310 e. The maximum Gasteiger partial charge on any atom is 0.257 e. The van der Waals surface area contributed by atoms with Crippen LogP contribution in [0.4, 0.5) is 5.69 Å². The van der Waals surface area contributed by atoms with E-state index < -0.39 is 5.54 Å². The van der Waals surface area contributed by atoms with Gasteiger partial charge in [0, 0.05) is 52.7 Å². The van der Waals surface area contributed by atoms with Crippen molar-refractivity contribution in [3.05, 3.63) is 76.4 Å². The molecule has 2 atom stereocenters. The van der Waals surface area contributed by atoms with Gasteiger partial charge >= 0.3 is 0 Å². The minimum atomic E-state index is -1.18. The number of unbranched alkanes of at least 4 members (excludes halogenated alkanes) is 2. The summed E-state index contributed by atoms with van der Waals surface area (Å²) in [6.07, 6.45) is 4.74. The third-order valence-electron chi connectivity index (χ3n) is 7.66. The highest BCUT2D eigenvalue weighted by atomic mass is 16.2.